The minimum Gasteiger partial charge on any atom is -0.493 e. The van der Waals surface area contributed by atoms with Gasteiger partial charge in [0.1, 0.15) is 5.82 Å². The van der Waals surface area contributed by atoms with Crippen molar-refractivity contribution in [3.05, 3.63) is 57.8 Å². The van der Waals surface area contributed by atoms with Crippen molar-refractivity contribution in [1.82, 2.24) is 0 Å². The lowest BCUT2D eigenvalue weighted by atomic mass is 9.99. The zero-order chi connectivity index (χ0) is 15.4. The van der Waals surface area contributed by atoms with E-state index in [1.54, 1.807) is 20.3 Å². The molecule has 21 heavy (non-hydrogen) atoms. The lowest BCUT2D eigenvalue weighted by molar-refractivity contribution is 0.354. The second-order valence-electron chi connectivity index (χ2n) is 4.67. The van der Waals surface area contributed by atoms with Gasteiger partial charge in [0.15, 0.2) is 11.5 Å². The van der Waals surface area contributed by atoms with E-state index >= 15 is 0 Å². The van der Waals surface area contributed by atoms with Gasteiger partial charge in [-0.15, -0.1) is 0 Å². The summed E-state index contributed by atoms with van der Waals surface area (Å²) in [4.78, 5) is 0. The number of nitrogens with two attached hydrogens (primary N) is 1. The fourth-order valence-corrected chi connectivity index (χ4v) is 2.37. The monoisotopic (exact) mass is 353 g/mol. The molecule has 1 unspecified atom stereocenters. The maximum Gasteiger partial charge on any atom is 0.160 e. The standard InChI is InChI=1S/C16H17BrFNO2/c1-20-15-6-3-10(8-16(15)21-2)7-14(19)11-4-5-12(17)13(18)9-11/h3-6,8-9,14H,7,19H2,1-2H3. The molecule has 112 valence electrons. The van der Waals surface area contributed by atoms with Gasteiger partial charge in [0, 0.05) is 6.04 Å². The van der Waals surface area contributed by atoms with Crippen LogP contribution in [0.15, 0.2) is 40.9 Å². The molecule has 0 aliphatic heterocycles. The molecule has 0 radical (unpaired) electrons. The Kier molecular flexibility index (Phi) is 5.20. The summed E-state index contributed by atoms with van der Waals surface area (Å²) in [6.45, 7) is 0. The van der Waals surface area contributed by atoms with Crippen LogP contribution in [-0.4, -0.2) is 14.2 Å². The predicted octanol–water partition coefficient (Wildman–Crippen LogP) is 3.85. The molecule has 2 aromatic carbocycles. The first kappa shape index (κ1) is 15.8. The van der Waals surface area contributed by atoms with Crippen LogP contribution in [0.2, 0.25) is 0 Å². The van der Waals surface area contributed by atoms with Gasteiger partial charge in [0.05, 0.1) is 18.7 Å². The molecule has 0 saturated carbocycles. The molecule has 3 nitrogen and oxygen atoms in total. The molecule has 0 aliphatic rings. The third-order valence-electron chi connectivity index (χ3n) is 3.28. The topological polar surface area (TPSA) is 44.5 Å². The minimum absolute atomic E-state index is 0.286. The van der Waals surface area contributed by atoms with Gasteiger partial charge in [-0.2, -0.15) is 0 Å². The first-order valence-electron chi connectivity index (χ1n) is 6.46. The van der Waals surface area contributed by atoms with Gasteiger partial charge in [-0.3, -0.25) is 0 Å². The fraction of sp³-hybridized carbons (Fsp3) is 0.250. The maximum atomic E-state index is 13.6. The molecule has 0 aliphatic carbocycles. The molecule has 2 aromatic rings. The minimum atomic E-state index is -0.310. The Bertz CT molecular complexity index is 634. The van der Waals surface area contributed by atoms with E-state index in [9.17, 15) is 4.39 Å². The lowest BCUT2D eigenvalue weighted by Gasteiger charge is -2.14. The zero-order valence-electron chi connectivity index (χ0n) is 11.9. The summed E-state index contributed by atoms with van der Waals surface area (Å²) in [5, 5.41) is 0. The number of ether oxygens (including phenoxy) is 2. The van der Waals surface area contributed by atoms with Gasteiger partial charge in [-0.05, 0) is 57.7 Å². The van der Waals surface area contributed by atoms with Crippen LogP contribution in [0.4, 0.5) is 4.39 Å². The molecule has 0 spiro atoms. The number of rotatable bonds is 5. The molecule has 0 amide bonds. The van der Waals surface area contributed by atoms with Crippen LogP contribution in [0.3, 0.4) is 0 Å². The largest absolute Gasteiger partial charge is 0.493 e. The first-order valence-corrected chi connectivity index (χ1v) is 7.26. The Labute approximate surface area is 132 Å². The molecule has 5 heteroatoms. The van der Waals surface area contributed by atoms with E-state index in [4.69, 9.17) is 15.2 Å². The summed E-state index contributed by atoms with van der Waals surface area (Å²) >= 11 is 3.13. The van der Waals surface area contributed by atoms with E-state index in [1.807, 2.05) is 24.3 Å². The van der Waals surface area contributed by atoms with Gasteiger partial charge >= 0.3 is 0 Å². The smallest absolute Gasteiger partial charge is 0.160 e. The highest BCUT2D eigenvalue weighted by atomic mass is 79.9. The molecular weight excluding hydrogens is 337 g/mol. The van der Waals surface area contributed by atoms with Gasteiger partial charge in [-0.25, -0.2) is 4.39 Å². The summed E-state index contributed by atoms with van der Waals surface area (Å²) in [7, 11) is 3.18. The average molecular weight is 354 g/mol. The Balaban J connectivity index is 2.18. The van der Waals surface area contributed by atoms with Crippen LogP contribution in [0.5, 0.6) is 11.5 Å². The third-order valence-corrected chi connectivity index (χ3v) is 3.92. The van der Waals surface area contributed by atoms with Crippen LogP contribution >= 0.6 is 15.9 Å². The molecule has 0 saturated heterocycles. The Morgan fingerprint density at radius 2 is 1.81 bits per heavy atom. The molecule has 2 N–H and O–H groups in total. The van der Waals surface area contributed by atoms with Crippen LogP contribution in [-0.2, 0) is 6.42 Å². The second-order valence-corrected chi connectivity index (χ2v) is 5.53. The van der Waals surface area contributed by atoms with E-state index in [0.717, 1.165) is 11.1 Å². The molecular formula is C16H17BrFNO2. The van der Waals surface area contributed by atoms with E-state index in [-0.39, 0.29) is 11.9 Å². The Morgan fingerprint density at radius 1 is 1.10 bits per heavy atom. The van der Waals surface area contributed by atoms with Crippen molar-refractivity contribution in [3.8, 4) is 11.5 Å². The number of benzene rings is 2. The Morgan fingerprint density at radius 3 is 2.43 bits per heavy atom. The number of hydrogen-bond donors (Lipinski definition) is 1. The van der Waals surface area contributed by atoms with Crippen LogP contribution < -0.4 is 15.2 Å². The van der Waals surface area contributed by atoms with E-state index in [2.05, 4.69) is 15.9 Å². The maximum absolute atomic E-state index is 13.6. The Hall–Kier alpha value is -1.59. The van der Waals surface area contributed by atoms with Crippen LogP contribution in [0.25, 0.3) is 0 Å². The van der Waals surface area contributed by atoms with E-state index < -0.39 is 0 Å². The first-order chi connectivity index (χ1) is 10.0. The van der Waals surface area contributed by atoms with E-state index in [1.165, 1.54) is 6.07 Å². The second kappa shape index (κ2) is 6.91. The summed E-state index contributed by atoms with van der Waals surface area (Å²) in [5.74, 6) is 1.02. The van der Waals surface area contributed by atoms with Gasteiger partial charge in [0.25, 0.3) is 0 Å². The van der Waals surface area contributed by atoms with Gasteiger partial charge in [-0.1, -0.05) is 12.1 Å². The van der Waals surface area contributed by atoms with Crippen LogP contribution in [0, 0.1) is 5.82 Å². The number of hydrogen-bond acceptors (Lipinski definition) is 3. The van der Waals surface area contributed by atoms with Crippen molar-refractivity contribution < 1.29 is 13.9 Å². The molecule has 0 bridgehead atoms. The van der Waals surface area contributed by atoms with Crippen molar-refractivity contribution in [2.75, 3.05) is 14.2 Å². The molecule has 1 atom stereocenters. The highest BCUT2D eigenvalue weighted by Crippen LogP contribution is 2.29. The van der Waals surface area contributed by atoms with Crippen molar-refractivity contribution in [2.24, 2.45) is 5.73 Å². The molecule has 0 fully saturated rings. The third kappa shape index (κ3) is 3.74. The van der Waals surface area contributed by atoms with Crippen molar-refractivity contribution >= 4 is 15.9 Å². The number of halogens is 2. The molecule has 0 aromatic heterocycles. The van der Waals surface area contributed by atoms with E-state index in [0.29, 0.717) is 22.4 Å². The number of methoxy groups -OCH3 is 2. The highest BCUT2D eigenvalue weighted by molar-refractivity contribution is 9.10. The summed E-state index contributed by atoms with van der Waals surface area (Å²) in [6.07, 6.45) is 0.585. The van der Waals surface area contributed by atoms with Crippen molar-refractivity contribution in [2.45, 2.75) is 12.5 Å². The van der Waals surface area contributed by atoms with Gasteiger partial charge < -0.3 is 15.2 Å². The van der Waals surface area contributed by atoms with Gasteiger partial charge in [0.2, 0.25) is 0 Å². The lowest BCUT2D eigenvalue weighted by Crippen LogP contribution is -2.13. The highest BCUT2D eigenvalue weighted by Gasteiger charge is 2.12. The zero-order valence-corrected chi connectivity index (χ0v) is 13.5. The summed E-state index contributed by atoms with van der Waals surface area (Å²) in [6, 6.07) is 10.3. The summed E-state index contributed by atoms with van der Waals surface area (Å²) in [5.41, 5.74) is 7.91. The predicted molar refractivity (Wildman–Crippen MR) is 84.3 cm³/mol. The van der Waals surface area contributed by atoms with Crippen molar-refractivity contribution in [1.29, 1.82) is 0 Å². The van der Waals surface area contributed by atoms with Crippen LogP contribution in [0.1, 0.15) is 17.2 Å². The fourth-order valence-electron chi connectivity index (χ4n) is 2.12. The summed E-state index contributed by atoms with van der Waals surface area (Å²) < 4.78 is 24.5. The quantitative estimate of drug-likeness (QED) is 0.887. The van der Waals surface area contributed by atoms with Crippen molar-refractivity contribution in [3.63, 3.8) is 0 Å². The SMILES string of the molecule is COc1ccc(CC(N)c2ccc(Br)c(F)c2)cc1OC. The normalized spacial score (nSPS) is 12.0. The molecule has 2 rings (SSSR count). The molecule has 0 heterocycles. The average Bonchev–Trinajstić information content (AvgIpc) is 2.49.